The fourth-order valence-electron chi connectivity index (χ4n) is 2.28. The number of benzene rings is 2. The third-order valence-electron chi connectivity index (χ3n) is 3.55. The van der Waals surface area contributed by atoms with Crippen molar-refractivity contribution < 1.29 is 18.8 Å². The molecule has 0 aliphatic rings. The van der Waals surface area contributed by atoms with Gasteiger partial charge in [-0.15, -0.1) is 0 Å². The first-order valence-electron chi connectivity index (χ1n) is 7.84. The number of nitrogens with one attached hydrogen (secondary N) is 2. The third-order valence-corrected chi connectivity index (χ3v) is 3.55. The zero-order chi connectivity index (χ0) is 18.4. The Balaban J connectivity index is 1.60. The van der Waals surface area contributed by atoms with Crippen LogP contribution in [0.15, 0.2) is 53.1 Å². The number of nitrogens with zero attached hydrogens (tertiary/aromatic N) is 2. The average molecular weight is 354 g/mol. The Bertz CT molecular complexity index is 894. The highest BCUT2D eigenvalue weighted by Gasteiger charge is 2.11. The van der Waals surface area contributed by atoms with Crippen LogP contribution in [0.3, 0.4) is 0 Å². The van der Waals surface area contributed by atoms with E-state index in [-0.39, 0.29) is 12.4 Å². The van der Waals surface area contributed by atoms with E-state index in [0.29, 0.717) is 23.0 Å². The van der Waals surface area contributed by atoms with Gasteiger partial charge in [0, 0.05) is 5.56 Å². The zero-order valence-electron chi connectivity index (χ0n) is 14.4. The normalized spacial score (nSPS) is 10.2. The second kappa shape index (κ2) is 8.02. The van der Waals surface area contributed by atoms with Gasteiger partial charge in [-0.1, -0.05) is 29.4 Å². The number of hydrogen-bond acceptors (Lipinski definition) is 6. The van der Waals surface area contributed by atoms with Crippen LogP contribution in [0.5, 0.6) is 11.5 Å². The number of amides is 2. The molecule has 2 N–H and O–H groups in total. The van der Waals surface area contributed by atoms with Crippen molar-refractivity contribution in [2.75, 3.05) is 19.5 Å². The van der Waals surface area contributed by atoms with E-state index in [0.717, 1.165) is 5.56 Å². The molecule has 0 bridgehead atoms. The molecule has 0 spiro atoms. The monoisotopic (exact) mass is 354 g/mol. The van der Waals surface area contributed by atoms with Gasteiger partial charge in [-0.25, -0.2) is 4.79 Å². The summed E-state index contributed by atoms with van der Waals surface area (Å²) in [5.74, 6) is 1.98. The smallest absolute Gasteiger partial charge is 0.319 e. The number of hydrogen-bond donors (Lipinski definition) is 2. The minimum Gasteiger partial charge on any atom is -0.497 e. The molecular formula is C18H18N4O4. The van der Waals surface area contributed by atoms with Crippen molar-refractivity contribution in [2.24, 2.45) is 0 Å². The molecule has 0 unspecified atom stereocenters. The van der Waals surface area contributed by atoms with E-state index in [1.807, 2.05) is 24.3 Å². The molecule has 134 valence electrons. The summed E-state index contributed by atoms with van der Waals surface area (Å²) in [7, 11) is 3.13. The topological polar surface area (TPSA) is 98.5 Å². The number of rotatable bonds is 6. The molecule has 0 fully saturated rings. The summed E-state index contributed by atoms with van der Waals surface area (Å²) >= 11 is 0. The number of methoxy groups -OCH3 is 2. The minimum absolute atomic E-state index is 0.0952. The molecule has 2 aromatic carbocycles. The van der Waals surface area contributed by atoms with Crippen LogP contribution in [0.4, 0.5) is 10.5 Å². The molecule has 0 aliphatic heterocycles. The molecule has 0 radical (unpaired) electrons. The van der Waals surface area contributed by atoms with Crippen molar-refractivity contribution in [3.8, 4) is 22.9 Å². The van der Waals surface area contributed by atoms with Crippen LogP contribution >= 0.6 is 0 Å². The fraction of sp³-hybridized carbons (Fsp3) is 0.167. The molecule has 1 aromatic heterocycles. The number of carbonyl (C=O) groups is 1. The van der Waals surface area contributed by atoms with Gasteiger partial charge in [0.05, 0.1) is 26.5 Å². The molecule has 0 saturated carbocycles. The number of anilines is 1. The van der Waals surface area contributed by atoms with Crippen LogP contribution in [0.1, 0.15) is 5.89 Å². The van der Waals surface area contributed by atoms with Crippen molar-refractivity contribution in [1.29, 1.82) is 0 Å². The maximum Gasteiger partial charge on any atom is 0.319 e. The standard InChI is InChI=1S/C18H18N4O4/c1-24-13-7-5-6-12(10-13)17-21-16(26-22-17)11-19-18(23)20-14-8-3-4-9-15(14)25-2/h3-10H,11H2,1-2H3,(H2,19,20,23). The number of para-hydroxylation sites is 2. The van der Waals surface area contributed by atoms with Crippen LogP contribution in [0.25, 0.3) is 11.4 Å². The second-order valence-corrected chi connectivity index (χ2v) is 5.25. The highest BCUT2D eigenvalue weighted by Crippen LogP contribution is 2.23. The molecular weight excluding hydrogens is 336 g/mol. The number of aromatic nitrogens is 2. The Morgan fingerprint density at radius 2 is 1.96 bits per heavy atom. The summed E-state index contributed by atoms with van der Waals surface area (Å²) in [4.78, 5) is 16.3. The van der Waals surface area contributed by atoms with Crippen molar-refractivity contribution in [3.05, 3.63) is 54.4 Å². The van der Waals surface area contributed by atoms with Gasteiger partial charge in [0.15, 0.2) is 0 Å². The molecule has 1 heterocycles. The van der Waals surface area contributed by atoms with Crippen molar-refractivity contribution in [2.45, 2.75) is 6.54 Å². The van der Waals surface area contributed by atoms with Gasteiger partial charge in [0.2, 0.25) is 11.7 Å². The predicted molar refractivity (Wildman–Crippen MR) is 95.1 cm³/mol. The van der Waals surface area contributed by atoms with E-state index in [9.17, 15) is 4.79 Å². The van der Waals surface area contributed by atoms with Crippen LogP contribution in [-0.4, -0.2) is 30.4 Å². The lowest BCUT2D eigenvalue weighted by molar-refractivity contribution is 0.249. The molecule has 26 heavy (non-hydrogen) atoms. The maximum atomic E-state index is 12.0. The molecule has 0 aliphatic carbocycles. The van der Waals surface area contributed by atoms with E-state index in [1.165, 1.54) is 7.11 Å². The Morgan fingerprint density at radius 3 is 2.77 bits per heavy atom. The van der Waals surface area contributed by atoms with Crippen LogP contribution in [-0.2, 0) is 6.54 Å². The Morgan fingerprint density at radius 1 is 1.12 bits per heavy atom. The maximum absolute atomic E-state index is 12.0. The van der Waals surface area contributed by atoms with Crippen LogP contribution in [0, 0.1) is 0 Å². The Hall–Kier alpha value is -3.55. The van der Waals surface area contributed by atoms with Gasteiger partial charge in [-0.3, -0.25) is 0 Å². The molecule has 8 heteroatoms. The first kappa shape index (κ1) is 17.3. The third kappa shape index (κ3) is 4.10. The summed E-state index contributed by atoms with van der Waals surface area (Å²) < 4.78 is 15.5. The molecule has 0 saturated heterocycles. The van der Waals surface area contributed by atoms with Gasteiger partial charge < -0.3 is 24.6 Å². The molecule has 3 rings (SSSR count). The number of carbonyl (C=O) groups excluding carboxylic acids is 1. The van der Waals surface area contributed by atoms with E-state index in [2.05, 4.69) is 20.8 Å². The average Bonchev–Trinajstić information content (AvgIpc) is 3.16. The minimum atomic E-state index is -0.407. The summed E-state index contributed by atoms with van der Waals surface area (Å²) in [6.45, 7) is 0.0952. The van der Waals surface area contributed by atoms with Crippen LogP contribution in [0.2, 0.25) is 0 Å². The van der Waals surface area contributed by atoms with E-state index in [4.69, 9.17) is 14.0 Å². The lowest BCUT2D eigenvalue weighted by Crippen LogP contribution is -2.28. The first-order valence-corrected chi connectivity index (χ1v) is 7.84. The summed E-state index contributed by atoms with van der Waals surface area (Å²) in [5, 5.41) is 9.28. The highest BCUT2D eigenvalue weighted by atomic mass is 16.5. The summed E-state index contributed by atoms with van der Waals surface area (Å²) in [6.07, 6.45) is 0. The van der Waals surface area contributed by atoms with Crippen molar-refractivity contribution >= 4 is 11.7 Å². The zero-order valence-corrected chi connectivity index (χ0v) is 14.4. The molecule has 0 atom stereocenters. The van der Waals surface area contributed by atoms with Gasteiger partial charge >= 0.3 is 6.03 Å². The molecule has 3 aromatic rings. The predicted octanol–water partition coefficient (Wildman–Crippen LogP) is 3.08. The van der Waals surface area contributed by atoms with Gasteiger partial charge in [0.25, 0.3) is 0 Å². The largest absolute Gasteiger partial charge is 0.497 e. The molecule has 2 amide bonds. The second-order valence-electron chi connectivity index (χ2n) is 5.25. The van der Waals surface area contributed by atoms with Crippen molar-refractivity contribution in [1.82, 2.24) is 15.5 Å². The number of ether oxygens (including phenoxy) is 2. The van der Waals surface area contributed by atoms with Gasteiger partial charge in [-0.2, -0.15) is 4.98 Å². The Kier molecular flexibility index (Phi) is 5.33. The van der Waals surface area contributed by atoms with Gasteiger partial charge in [-0.05, 0) is 24.3 Å². The lowest BCUT2D eigenvalue weighted by atomic mass is 10.2. The summed E-state index contributed by atoms with van der Waals surface area (Å²) in [5.41, 5.74) is 1.33. The Labute approximate surface area is 150 Å². The quantitative estimate of drug-likeness (QED) is 0.706. The van der Waals surface area contributed by atoms with Crippen LogP contribution < -0.4 is 20.1 Å². The van der Waals surface area contributed by atoms with E-state index in [1.54, 1.807) is 31.4 Å². The summed E-state index contributed by atoms with van der Waals surface area (Å²) in [6, 6.07) is 14.0. The van der Waals surface area contributed by atoms with Crippen molar-refractivity contribution in [3.63, 3.8) is 0 Å². The fourth-order valence-corrected chi connectivity index (χ4v) is 2.28. The van der Waals surface area contributed by atoms with Gasteiger partial charge in [0.1, 0.15) is 11.5 Å². The lowest BCUT2D eigenvalue weighted by Gasteiger charge is -2.09. The molecule has 8 nitrogen and oxygen atoms in total. The van der Waals surface area contributed by atoms with E-state index >= 15 is 0 Å². The highest BCUT2D eigenvalue weighted by molar-refractivity contribution is 5.90. The number of urea groups is 1. The SMILES string of the molecule is COc1cccc(-c2noc(CNC(=O)Nc3ccccc3OC)n2)c1. The first-order chi connectivity index (χ1) is 12.7. The van der Waals surface area contributed by atoms with E-state index < -0.39 is 6.03 Å².